The Bertz CT molecular complexity index is 5700. The molecule has 3 N–H and O–H groups in total. The third-order valence-electron chi connectivity index (χ3n) is 20.7. The molecule has 12 aromatic carbocycles. The van der Waals surface area contributed by atoms with Gasteiger partial charge in [0.25, 0.3) is 0 Å². The van der Waals surface area contributed by atoms with E-state index in [9.17, 15) is 62.3 Å². The molecule has 542 valence electrons. The van der Waals surface area contributed by atoms with Crippen LogP contribution in [0.1, 0.15) is 126 Å². The molecule has 0 aromatic heterocycles. The summed E-state index contributed by atoms with van der Waals surface area (Å²) in [6, 6.07) is 42.3. The number of fused-ring (bicyclic) bond motifs is 18. The van der Waals surface area contributed by atoms with Gasteiger partial charge in [-0.3, -0.25) is 4.79 Å². The molecule has 20 heteroatoms. The Labute approximate surface area is 625 Å². The number of rotatable bonds is 4. The fourth-order valence-electron chi connectivity index (χ4n) is 14.9. The maximum absolute atomic E-state index is 14.2. The van der Waals surface area contributed by atoms with Gasteiger partial charge in [-0.2, -0.15) is 0 Å². The van der Waals surface area contributed by atoms with Gasteiger partial charge in [-0.05, 0) is 154 Å². The Kier molecular flexibility index (Phi) is 21.2. The Morgan fingerprint density at radius 1 is 0.327 bits per heavy atom. The molecule has 0 fully saturated rings. The quantitative estimate of drug-likeness (QED) is 0.0706. The zero-order chi connectivity index (χ0) is 76.6. The first-order chi connectivity index (χ1) is 51.0. The van der Waals surface area contributed by atoms with Crippen molar-refractivity contribution in [2.75, 3.05) is 0 Å². The first-order valence-electron chi connectivity index (χ1n) is 33.9. The number of aryl methyl sites for hydroxylation is 7. The van der Waals surface area contributed by atoms with Gasteiger partial charge in [0, 0.05) is 87.6 Å². The van der Waals surface area contributed by atoms with Crippen LogP contribution in [0.2, 0.25) is 0 Å². The van der Waals surface area contributed by atoms with Crippen molar-refractivity contribution in [2.45, 2.75) is 87.0 Å². The van der Waals surface area contributed by atoms with Gasteiger partial charge in [-0.25, -0.2) is 48.7 Å². The van der Waals surface area contributed by atoms with E-state index in [1.165, 1.54) is 24.3 Å². The molecule has 0 heterocycles. The van der Waals surface area contributed by atoms with Gasteiger partial charge in [0.05, 0.1) is 11.1 Å². The van der Waals surface area contributed by atoms with Crippen molar-refractivity contribution in [3.05, 3.63) is 342 Å². The summed E-state index contributed by atoms with van der Waals surface area (Å²) in [6.45, 7) is 11.9. The number of aldehydes is 1. The van der Waals surface area contributed by atoms with Crippen LogP contribution in [-0.2, 0) is 38.5 Å². The van der Waals surface area contributed by atoms with Gasteiger partial charge in [-0.1, -0.05) is 109 Å². The van der Waals surface area contributed by atoms with E-state index in [0.717, 1.165) is 42.5 Å². The second-order valence-corrected chi connectivity index (χ2v) is 30.7. The van der Waals surface area contributed by atoms with Crippen molar-refractivity contribution in [3.8, 4) is 66.8 Å². The molecule has 6 aliphatic rings. The van der Waals surface area contributed by atoms with Crippen LogP contribution in [0.15, 0.2) is 152 Å². The molecular weight excluding hydrogens is 1570 g/mol. The second kappa shape index (κ2) is 30.1. The number of carboxylic acids is 1. The Morgan fingerprint density at radius 2 is 0.589 bits per heavy atom. The summed E-state index contributed by atoms with van der Waals surface area (Å²) >= 11 is 2.91. The van der Waals surface area contributed by atoms with Gasteiger partial charge in [-0.15, -0.1) is 0 Å². The predicted octanol–water partition coefficient (Wildman–Crippen LogP) is 18.1. The average molecular weight is 1630 g/mol. The summed E-state index contributed by atoms with van der Waals surface area (Å²) in [4.78, 5) is 21.6. The van der Waals surface area contributed by atoms with Crippen LogP contribution in [0.4, 0.5) is 52.7 Å². The van der Waals surface area contributed by atoms with Crippen molar-refractivity contribution in [2.24, 2.45) is 0 Å². The van der Waals surface area contributed by atoms with Crippen molar-refractivity contribution in [1.82, 2.24) is 0 Å². The molecule has 5 nitrogen and oxygen atoms in total. The van der Waals surface area contributed by atoms with Gasteiger partial charge in [0.15, 0.2) is 6.29 Å². The second-order valence-electron chi connectivity index (χ2n) is 27.1. The molecule has 12 aromatic rings. The minimum absolute atomic E-state index is 0.0266. The topological polar surface area (TPSA) is 94.8 Å². The van der Waals surface area contributed by atoms with Crippen molar-refractivity contribution in [1.29, 1.82) is 0 Å². The number of aromatic carboxylic acids is 1. The number of carbonyl (C=O) groups excluding carboxylic acids is 1. The Balaban J connectivity index is 0.000000114. The average Bonchev–Trinajstić information content (AvgIpc) is 1.65. The summed E-state index contributed by atoms with van der Waals surface area (Å²) in [7, 11) is -1.86. The number of hydrogen-bond acceptors (Lipinski definition) is 4. The molecule has 107 heavy (non-hydrogen) atoms. The van der Waals surface area contributed by atoms with E-state index < -0.39 is 49.5 Å². The third kappa shape index (κ3) is 13.5. The van der Waals surface area contributed by atoms with E-state index in [2.05, 4.69) is 12.7 Å². The van der Waals surface area contributed by atoms with E-state index in [0.29, 0.717) is 154 Å². The maximum atomic E-state index is 14.2. The number of halogens is 14. The van der Waals surface area contributed by atoms with E-state index in [1.807, 2.05) is 42.5 Å². The fourth-order valence-corrected chi connectivity index (χ4v) is 17.3. The van der Waals surface area contributed by atoms with E-state index in [4.69, 9.17) is 15.2 Å². The van der Waals surface area contributed by atoms with Crippen LogP contribution in [0, 0.1) is 122 Å². The molecule has 0 radical (unpaired) electrons. The van der Waals surface area contributed by atoms with Crippen LogP contribution in [0.5, 0.6) is 0 Å². The Hall–Kier alpha value is -9.87. The van der Waals surface area contributed by atoms with E-state index in [-0.39, 0.29) is 93.8 Å². The zero-order valence-electron chi connectivity index (χ0n) is 58.3. The molecule has 0 saturated heterocycles. The molecule has 0 aliphatic heterocycles. The molecule has 0 unspecified atom stereocenters. The predicted molar refractivity (Wildman–Crippen MR) is 391 cm³/mol. The van der Waals surface area contributed by atoms with Crippen molar-refractivity contribution in [3.63, 3.8) is 0 Å². The standard InChI is InChI=1S/C15H10F2O2.C15H10F2O.C15H12F2.C14H11BF2O2.C14H9BrF2I.C14H10F2/c1-7-2-3-8-9-4-5-10(15(18)19)14(17)12(9)6-11(8)13(7)16;1-8-2-4-10-11-5-3-9(7-18)15(17)13(11)6-12(10)14(8)16;1-8-3-5-10-11-6-4-9(2)15(17)13(11)7-12(10)14(8)16;1-7-2-3-8-9-4-5-12(15(18)19)14(17)11(9)6-10(8)13(7)16;1-7-2-3-8-9-4-5-12(18-15)14(17)11(9)6-10(8)13(7)16;1-8-5-6-10-9-3-2-4-13(15)11(9)7-12(10)14(8)16/h2-5H,6H2,1H3,(H,18,19);2-5,7H,6H2,1H3;3-6H,7H2,1-2H3;2-5,18-19H,6H2,1H3;2-5H,6H2,1H3;2-6H,7H2,1H3/q;;;;-1;. The van der Waals surface area contributed by atoms with Crippen LogP contribution in [0.25, 0.3) is 66.8 Å². The third-order valence-corrected chi connectivity index (χ3v) is 24.2. The van der Waals surface area contributed by atoms with Crippen LogP contribution < -0.4 is 24.4 Å². The normalized spacial score (nSPS) is 12.4. The van der Waals surface area contributed by atoms with Crippen LogP contribution in [-0.4, -0.2) is 34.5 Å². The summed E-state index contributed by atoms with van der Waals surface area (Å²) in [5.41, 5.74) is 18.7. The summed E-state index contributed by atoms with van der Waals surface area (Å²) < 4.78 is 169. The monoisotopic (exact) mass is 1630 g/mol. The van der Waals surface area contributed by atoms with Crippen LogP contribution >= 0.6 is 12.7 Å². The Morgan fingerprint density at radius 3 is 0.907 bits per heavy atom. The molecule has 0 saturated carbocycles. The molecule has 0 spiro atoms. The van der Waals surface area contributed by atoms with Gasteiger partial charge < -0.3 is 15.2 Å². The fraction of sp³-hybridized carbons (Fsp3) is 0.149. The molecule has 0 bridgehead atoms. The first kappa shape index (κ1) is 75.4. The van der Waals surface area contributed by atoms with Crippen LogP contribution in [0.3, 0.4) is 0 Å². The summed E-state index contributed by atoms with van der Waals surface area (Å²) in [5.74, 6) is -5.42. The number of carbonyl (C=O) groups is 2. The summed E-state index contributed by atoms with van der Waals surface area (Å²) in [5, 5.41) is 27.1. The number of benzene rings is 12. The van der Waals surface area contributed by atoms with Crippen molar-refractivity contribution >= 4 is 37.5 Å². The number of carboxylic acid groups (broad SMARTS) is 1. The number of hydrogen-bond donors (Lipinski definition) is 3. The van der Waals surface area contributed by atoms with Gasteiger partial charge in [0.1, 0.15) is 58.2 Å². The zero-order valence-corrected chi connectivity index (χ0v) is 62.0. The molecule has 0 atom stereocenters. The minimum atomic E-state index is -1.86. The van der Waals surface area contributed by atoms with Gasteiger partial charge in [0.2, 0.25) is 0 Å². The molecule has 0 amide bonds. The molecule has 18 rings (SSSR count). The molecule has 6 aliphatic carbocycles. The van der Waals surface area contributed by atoms with E-state index in [1.54, 1.807) is 133 Å². The SMILES string of the molecule is Cc1ccc2c(c1F)Cc1c(F)cccc1-2.Cc1ccc2c(c1F)Cc1c-2ccc(B(O)O)c1F.Cc1ccc2c(c1F)Cc1c-2ccc(C(=O)O)c1F.Cc1ccc2c(c1F)Cc1c-2ccc(C)c1F.Cc1ccc2c(c1F)Cc1c-2ccc(C=O)c1F.Cc1ccc2c(c1F)Cc1c-2ccc([I-]Br)c1F. The van der Waals surface area contributed by atoms with E-state index >= 15 is 0 Å². The van der Waals surface area contributed by atoms with Gasteiger partial charge >= 0.3 is 134 Å². The summed E-state index contributed by atoms with van der Waals surface area (Å²) in [6.07, 6.45) is 2.05. The first-order valence-corrected chi connectivity index (χ1v) is 39.8. The van der Waals surface area contributed by atoms with Crippen molar-refractivity contribution < 1.29 is 96.4 Å². The molecular formula is C87H62BBrF12IO5-.